The number of aryl methyl sites for hydroxylation is 1. The number of halogens is 2. The third-order valence-electron chi connectivity index (χ3n) is 2.93. The SMILES string of the molecule is O=C(CCc1ccccc1)NN=Cc1cc(I)c(O)c(I)c1. The van der Waals surface area contributed by atoms with E-state index in [1.165, 1.54) is 0 Å². The van der Waals surface area contributed by atoms with E-state index in [-0.39, 0.29) is 11.7 Å². The molecule has 0 spiro atoms. The molecule has 0 aliphatic carbocycles. The highest BCUT2D eigenvalue weighted by atomic mass is 127. The lowest BCUT2D eigenvalue weighted by molar-refractivity contribution is -0.121. The summed E-state index contributed by atoms with van der Waals surface area (Å²) in [7, 11) is 0. The van der Waals surface area contributed by atoms with Crippen LogP contribution in [0.1, 0.15) is 17.5 Å². The number of phenols is 1. The molecule has 1 amide bonds. The Morgan fingerprint density at radius 2 is 1.82 bits per heavy atom. The van der Waals surface area contributed by atoms with Crippen LogP contribution in [0.25, 0.3) is 0 Å². The molecule has 0 fully saturated rings. The van der Waals surface area contributed by atoms with E-state index in [1.807, 2.05) is 30.3 Å². The van der Waals surface area contributed by atoms with E-state index in [4.69, 9.17) is 0 Å². The predicted molar refractivity (Wildman–Crippen MR) is 104 cm³/mol. The van der Waals surface area contributed by atoms with Crippen LogP contribution in [0.15, 0.2) is 47.6 Å². The van der Waals surface area contributed by atoms with Crippen molar-refractivity contribution in [2.24, 2.45) is 5.10 Å². The molecule has 0 saturated heterocycles. The maximum absolute atomic E-state index is 11.7. The molecule has 0 heterocycles. The van der Waals surface area contributed by atoms with Crippen LogP contribution >= 0.6 is 45.2 Å². The molecule has 2 aromatic rings. The van der Waals surface area contributed by atoms with Gasteiger partial charge in [-0.15, -0.1) is 0 Å². The average Bonchev–Trinajstić information content (AvgIpc) is 2.51. The number of amides is 1. The lowest BCUT2D eigenvalue weighted by Gasteiger charge is -2.03. The Hall–Kier alpha value is -1.16. The van der Waals surface area contributed by atoms with Crippen molar-refractivity contribution in [2.75, 3.05) is 0 Å². The summed E-state index contributed by atoms with van der Waals surface area (Å²) in [4.78, 5) is 11.7. The molecule has 22 heavy (non-hydrogen) atoms. The number of hydrogen-bond acceptors (Lipinski definition) is 3. The van der Waals surface area contributed by atoms with E-state index in [0.717, 1.165) is 18.3 Å². The number of benzene rings is 2. The van der Waals surface area contributed by atoms with Gasteiger partial charge in [-0.05, 0) is 74.9 Å². The zero-order chi connectivity index (χ0) is 15.9. The number of hydrazone groups is 1. The fraction of sp³-hybridized carbons (Fsp3) is 0.125. The third-order valence-corrected chi connectivity index (χ3v) is 4.57. The Balaban J connectivity index is 1.85. The van der Waals surface area contributed by atoms with Crippen LogP contribution in [0.3, 0.4) is 0 Å². The number of carbonyl (C=O) groups excluding carboxylic acids is 1. The number of aromatic hydroxyl groups is 1. The molecule has 0 aliphatic rings. The van der Waals surface area contributed by atoms with Crippen molar-refractivity contribution in [3.63, 3.8) is 0 Å². The number of carbonyl (C=O) groups is 1. The second kappa shape index (κ2) is 8.47. The molecular formula is C16H14I2N2O2. The number of hydrogen-bond donors (Lipinski definition) is 2. The zero-order valence-corrected chi connectivity index (χ0v) is 15.9. The topological polar surface area (TPSA) is 61.7 Å². The van der Waals surface area contributed by atoms with Crippen molar-refractivity contribution < 1.29 is 9.90 Å². The first-order valence-corrected chi connectivity index (χ1v) is 8.76. The Labute approximate surface area is 156 Å². The average molecular weight is 520 g/mol. The first kappa shape index (κ1) is 17.2. The summed E-state index contributed by atoms with van der Waals surface area (Å²) < 4.78 is 1.50. The molecule has 0 radical (unpaired) electrons. The van der Waals surface area contributed by atoms with E-state index in [1.54, 1.807) is 18.3 Å². The molecule has 2 N–H and O–H groups in total. The molecule has 4 nitrogen and oxygen atoms in total. The van der Waals surface area contributed by atoms with Gasteiger partial charge in [0.15, 0.2) is 0 Å². The summed E-state index contributed by atoms with van der Waals surface area (Å²) >= 11 is 4.11. The maximum Gasteiger partial charge on any atom is 0.240 e. The van der Waals surface area contributed by atoms with E-state index < -0.39 is 0 Å². The Morgan fingerprint density at radius 1 is 1.18 bits per heavy atom. The highest BCUT2D eigenvalue weighted by molar-refractivity contribution is 14.1. The summed E-state index contributed by atoms with van der Waals surface area (Å²) in [6, 6.07) is 13.5. The number of nitrogens with one attached hydrogen (secondary N) is 1. The van der Waals surface area contributed by atoms with Crippen LogP contribution < -0.4 is 5.43 Å². The standard InChI is InChI=1S/C16H14I2N2O2/c17-13-8-12(9-14(18)16(13)22)10-19-20-15(21)7-6-11-4-2-1-3-5-11/h1-5,8-10,22H,6-7H2,(H,20,21). The van der Waals surface area contributed by atoms with E-state index in [2.05, 4.69) is 55.7 Å². The van der Waals surface area contributed by atoms with Crippen molar-refractivity contribution >= 4 is 57.3 Å². The van der Waals surface area contributed by atoms with Gasteiger partial charge in [0.2, 0.25) is 5.91 Å². The van der Waals surface area contributed by atoms with Crippen molar-refractivity contribution in [1.29, 1.82) is 0 Å². The molecule has 0 saturated carbocycles. The summed E-state index contributed by atoms with van der Waals surface area (Å²) in [5, 5.41) is 13.6. The normalized spacial score (nSPS) is 10.8. The fourth-order valence-electron chi connectivity index (χ4n) is 1.80. The maximum atomic E-state index is 11.7. The van der Waals surface area contributed by atoms with Crippen LogP contribution in [0.4, 0.5) is 0 Å². The number of phenolic OH excluding ortho intramolecular Hbond substituents is 1. The van der Waals surface area contributed by atoms with E-state index in [0.29, 0.717) is 12.8 Å². The van der Waals surface area contributed by atoms with Gasteiger partial charge in [0, 0.05) is 6.42 Å². The molecule has 0 bridgehead atoms. The highest BCUT2D eigenvalue weighted by Gasteiger charge is 2.04. The number of rotatable bonds is 5. The van der Waals surface area contributed by atoms with Crippen LogP contribution in [0, 0.1) is 7.14 Å². The molecule has 2 rings (SSSR count). The van der Waals surface area contributed by atoms with Gasteiger partial charge in [-0.25, -0.2) is 5.43 Å². The Morgan fingerprint density at radius 3 is 2.45 bits per heavy atom. The van der Waals surface area contributed by atoms with Gasteiger partial charge < -0.3 is 5.11 Å². The molecule has 6 heteroatoms. The fourth-order valence-corrected chi connectivity index (χ4v) is 3.61. The first-order valence-electron chi connectivity index (χ1n) is 6.60. The second-order valence-corrected chi connectivity index (χ2v) is 6.94. The minimum atomic E-state index is -0.122. The van der Waals surface area contributed by atoms with Crippen molar-refractivity contribution in [3.8, 4) is 5.75 Å². The van der Waals surface area contributed by atoms with Gasteiger partial charge in [0.25, 0.3) is 0 Å². The zero-order valence-electron chi connectivity index (χ0n) is 11.6. The monoisotopic (exact) mass is 520 g/mol. The molecule has 2 aromatic carbocycles. The van der Waals surface area contributed by atoms with Crippen LogP contribution in [0.2, 0.25) is 0 Å². The van der Waals surface area contributed by atoms with Crippen LogP contribution in [-0.4, -0.2) is 17.2 Å². The second-order valence-electron chi connectivity index (χ2n) is 4.61. The lowest BCUT2D eigenvalue weighted by Crippen LogP contribution is -2.17. The van der Waals surface area contributed by atoms with E-state index in [9.17, 15) is 9.90 Å². The molecule has 0 aromatic heterocycles. The van der Waals surface area contributed by atoms with Crippen molar-refractivity contribution in [2.45, 2.75) is 12.8 Å². The van der Waals surface area contributed by atoms with Crippen molar-refractivity contribution in [3.05, 3.63) is 60.7 Å². The summed E-state index contributed by atoms with van der Waals surface area (Å²) in [5.74, 6) is 0.147. The Bertz CT molecular complexity index is 665. The van der Waals surface area contributed by atoms with Gasteiger partial charge in [-0.3, -0.25) is 4.79 Å². The minimum Gasteiger partial charge on any atom is -0.506 e. The smallest absolute Gasteiger partial charge is 0.240 e. The van der Waals surface area contributed by atoms with Gasteiger partial charge in [0.05, 0.1) is 13.4 Å². The van der Waals surface area contributed by atoms with Gasteiger partial charge >= 0.3 is 0 Å². The van der Waals surface area contributed by atoms with Crippen LogP contribution in [-0.2, 0) is 11.2 Å². The van der Waals surface area contributed by atoms with Gasteiger partial charge in [0.1, 0.15) is 5.75 Å². The summed E-state index contributed by atoms with van der Waals surface area (Å²) in [5.41, 5.74) is 4.48. The molecule has 0 aliphatic heterocycles. The quantitative estimate of drug-likeness (QED) is 0.359. The molecule has 114 valence electrons. The predicted octanol–water partition coefficient (Wildman–Crippen LogP) is 3.68. The van der Waals surface area contributed by atoms with E-state index >= 15 is 0 Å². The Kier molecular flexibility index (Phi) is 6.62. The van der Waals surface area contributed by atoms with Gasteiger partial charge in [-0.2, -0.15) is 5.10 Å². The lowest BCUT2D eigenvalue weighted by atomic mass is 10.1. The van der Waals surface area contributed by atoms with Gasteiger partial charge in [-0.1, -0.05) is 30.3 Å². The summed E-state index contributed by atoms with van der Waals surface area (Å²) in [6.45, 7) is 0. The highest BCUT2D eigenvalue weighted by Crippen LogP contribution is 2.26. The first-order chi connectivity index (χ1) is 10.6. The van der Waals surface area contributed by atoms with Crippen LogP contribution in [0.5, 0.6) is 5.75 Å². The number of nitrogens with zero attached hydrogens (tertiary/aromatic N) is 1. The van der Waals surface area contributed by atoms with Crippen molar-refractivity contribution in [1.82, 2.24) is 5.43 Å². The third kappa shape index (κ3) is 5.24. The molecule has 0 atom stereocenters. The molecular weight excluding hydrogens is 506 g/mol. The molecule has 0 unspecified atom stereocenters. The minimum absolute atomic E-state index is 0.122. The largest absolute Gasteiger partial charge is 0.506 e. The summed E-state index contributed by atoms with van der Waals surface area (Å²) in [6.07, 6.45) is 2.66.